The van der Waals surface area contributed by atoms with Crippen molar-refractivity contribution < 1.29 is 9.90 Å². The first-order chi connectivity index (χ1) is 8.29. The lowest BCUT2D eigenvalue weighted by Gasteiger charge is -1.97. The molecule has 3 nitrogen and oxygen atoms in total. The van der Waals surface area contributed by atoms with Crippen molar-refractivity contribution in [2.75, 3.05) is 0 Å². The number of hydrogen-bond donors (Lipinski definition) is 1. The molecule has 0 aliphatic heterocycles. The second-order valence-electron chi connectivity index (χ2n) is 4.00. The lowest BCUT2D eigenvalue weighted by molar-refractivity contribution is -0.137. The number of rotatable bonds is 8. The summed E-state index contributed by atoms with van der Waals surface area (Å²) in [7, 11) is 0. The monoisotopic (exact) mass is 233 g/mol. The first-order valence-corrected chi connectivity index (χ1v) is 6.08. The van der Waals surface area contributed by atoms with E-state index in [1.807, 2.05) is 24.3 Å². The SMILES string of the molecule is O=C(O)CCCCCCC=Cc1ccccn1. The van der Waals surface area contributed by atoms with Crippen molar-refractivity contribution in [2.24, 2.45) is 0 Å². The summed E-state index contributed by atoms with van der Waals surface area (Å²) in [6.07, 6.45) is 11.3. The van der Waals surface area contributed by atoms with Crippen molar-refractivity contribution in [1.29, 1.82) is 0 Å². The maximum atomic E-state index is 10.3. The lowest BCUT2D eigenvalue weighted by Crippen LogP contribution is -1.93. The fourth-order valence-electron chi connectivity index (χ4n) is 1.57. The molecule has 0 aromatic carbocycles. The first kappa shape index (κ1) is 13.4. The number of carboxylic acid groups (broad SMARTS) is 1. The highest BCUT2D eigenvalue weighted by atomic mass is 16.4. The Bertz CT molecular complexity index is 346. The summed E-state index contributed by atoms with van der Waals surface area (Å²) >= 11 is 0. The summed E-state index contributed by atoms with van der Waals surface area (Å²) < 4.78 is 0. The number of hydrogen-bond acceptors (Lipinski definition) is 2. The molecule has 0 spiro atoms. The molecule has 1 N–H and O–H groups in total. The number of aromatic nitrogens is 1. The van der Waals surface area contributed by atoms with Gasteiger partial charge in [0.15, 0.2) is 0 Å². The Morgan fingerprint density at radius 2 is 2.06 bits per heavy atom. The van der Waals surface area contributed by atoms with E-state index in [1.165, 1.54) is 0 Å². The topological polar surface area (TPSA) is 50.2 Å². The number of carboxylic acids is 1. The molecular formula is C14H19NO2. The maximum Gasteiger partial charge on any atom is 0.303 e. The molecule has 1 heterocycles. The van der Waals surface area contributed by atoms with Crippen LogP contribution >= 0.6 is 0 Å². The largest absolute Gasteiger partial charge is 0.481 e. The summed E-state index contributed by atoms with van der Waals surface area (Å²) in [6.45, 7) is 0. The van der Waals surface area contributed by atoms with E-state index in [0.29, 0.717) is 6.42 Å². The van der Waals surface area contributed by atoms with E-state index < -0.39 is 5.97 Å². The third-order valence-corrected chi connectivity index (χ3v) is 2.49. The molecule has 0 atom stereocenters. The zero-order valence-electron chi connectivity index (χ0n) is 10.0. The van der Waals surface area contributed by atoms with Crippen molar-refractivity contribution in [1.82, 2.24) is 4.98 Å². The van der Waals surface area contributed by atoms with Crippen LogP contribution in [0.5, 0.6) is 0 Å². The summed E-state index contributed by atoms with van der Waals surface area (Å²) in [5.41, 5.74) is 0.985. The van der Waals surface area contributed by atoms with Crippen molar-refractivity contribution in [3.63, 3.8) is 0 Å². The first-order valence-electron chi connectivity index (χ1n) is 6.08. The number of pyridine rings is 1. The van der Waals surface area contributed by atoms with E-state index >= 15 is 0 Å². The average molecular weight is 233 g/mol. The van der Waals surface area contributed by atoms with Crippen LogP contribution in [0.15, 0.2) is 30.5 Å². The number of unbranched alkanes of at least 4 members (excludes halogenated alkanes) is 4. The molecule has 92 valence electrons. The minimum atomic E-state index is -0.694. The van der Waals surface area contributed by atoms with Gasteiger partial charge in [0.25, 0.3) is 0 Å². The minimum absolute atomic E-state index is 0.295. The van der Waals surface area contributed by atoms with Gasteiger partial charge in [0.2, 0.25) is 0 Å². The number of aliphatic carboxylic acids is 1. The standard InChI is InChI=1S/C14H19NO2/c16-14(17)11-6-4-2-1-3-5-9-13-10-7-8-12-15-13/h5,7-10,12H,1-4,6,11H2,(H,16,17). The van der Waals surface area contributed by atoms with Gasteiger partial charge in [-0.3, -0.25) is 9.78 Å². The van der Waals surface area contributed by atoms with E-state index in [-0.39, 0.29) is 0 Å². The summed E-state index contributed by atoms with van der Waals surface area (Å²) in [5.74, 6) is -0.694. The molecule has 0 unspecified atom stereocenters. The Balaban J connectivity index is 2.01. The second kappa shape index (κ2) is 8.50. The van der Waals surface area contributed by atoms with Gasteiger partial charge in [0, 0.05) is 12.6 Å². The number of nitrogens with zero attached hydrogens (tertiary/aromatic N) is 1. The molecule has 0 aliphatic carbocycles. The quantitative estimate of drug-likeness (QED) is 0.699. The van der Waals surface area contributed by atoms with Crippen LogP contribution in [0.25, 0.3) is 6.08 Å². The second-order valence-corrected chi connectivity index (χ2v) is 4.00. The van der Waals surface area contributed by atoms with E-state index in [0.717, 1.165) is 37.8 Å². The summed E-state index contributed by atoms with van der Waals surface area (Å²) in [5, 5.41) is 8.46. The smallest absolute Gasteiger partial charge is 0.303 e. The molecule has 0 amide bonds. The maximum absolute atomic E-state index is 10.3. The Morgan fingerprint density at radius 1 is 1.24 bits per heavy atom. The van der Waals surface area contributed by atoms with Crippen molar-refractivity contribution >= 4 is 12.0 Å². The number of allylic oxidation sites excluding steroid dienone is 1. The van der Waals surface area contributed by atoms with E-state index in [9.17, 15) is 4.79 Å². The minimum Gasteiger partial charge on any atom is -0.481 e. The molecule has 0 aliphatic rings. The highest BCUT2D eigenvalue weighted by Crippen LogP contribution is 2.07. The highest BCUT2D eigenvalue weighted by molar-refractivity contribution is 5.66. The van der Waals surface area contributed by atoms with Gasteiger partial charge in [0.1, 0.15) is 0 Å². The molecule has 0 saturated heterocycles. The average Bonchev–Trinajstić information content (AvgIpc) is 2.33. The normalized spacial score (nSPS) is 10.8. The van der Waals surface area contributed by atoms with E-state index in [4.69, 9.17) is 5.11 Å². The molecule has 0 fully saturated rings. The van der Waals surface area contributed by atoms with Crippen molar-refractivity contribution in [2.45, 2.75) is 38.5 Å². The van der Waals surface area contributed by atoms with Crippen LogP contribution in [0.4, 0.5) is 0 Å². The van der Waals surface area contributed by atoms with Crippen LogP contribution in [0, 0.1) is 0 Å². The Morgan fingerprint density at radius 3 is 2.76 bits per heavy atom. The van der Waals surface area contributed by atoms with Gasteiger partial charge in [-0.25, -0.2) is 0 Å². The van der Waals surface area contributed by atoms with Crippen LogP contribution in [0.1, 0.15) is 44.2 Å². The van der Waals surface area contributed by atoms with Crippen molar-refractivity contribution in [3.8, 4) is 0 Å². The third kappa shape index (κ3) is 7.28. The van der Waals surface area contributed by atoms with Gasteiger partial charge in [-0.2, -0.15) is 0 Å². The van der Waals surface area contributed by atoms with Gasteiger partial charge in [0.05, 0.1) is 5.69 Å². The van der Waals surface area contributed by atoms with Gasteiger partial charge in [-0.15, -0.1) is 0 Å². The van der Waals surface area contributed by atoms with Gasteiger partial charge in [-0.1, -0.05) is 25.0 Å². The molecule has 0 saturated carbocycles. The van der Waals surface area contributed by atoms with Crippen LogP contribution in [0.2, 0.25) is 0 Å². The Kier molecular flexibility index (Phi) is 6.72. The van der Waals surface area contributed by atoms with Gasteiger partial charge >= 0.3 is 5.97 Å². The van der Waals surface area contributed by atoms with Crippen LogP contribution in [-0.4, -0.2) is 16.1 Å². The molecule has 1 aromatic heterocycles. The van der Waals surface area contributed by atoms with E-state index in [1.54, 1.807) is 6.20 Å². The van der Waals surface area contributed by atoms with Crippen molar-refractivity contribution in [3.05, 3.63) is 36.2 Å². The molecule has 3 heteroatoms. The predicted octanol–water partition coefficient (Wildman–Crippen LogP) is 3.52. The van der Waals surface area contributed by atoms with E-state index in [2.05, 4.69) is 11.1 Å². The molecule has 1 aromatic rings. The van der Waals surface area contributed by atoms with Crippen LogP contribution in [-0.2, 0) is 4.79 Å². The van der Waals surface area contributed by atoms with Crippen LogP contribution < -0.4 is 0 Å². The Labute approximate surface area is 102 Å². The van der Waals surface area contributed by atoms with Crippen LogP contribution in [0.3, 0.4) is 0 Å². The predicted molar refractivity (Wildman–Crippen MR) is 68.6 cm³/mol. The molecular weight excluding hydrogens is 214 g/mol. The molecule has 0 radical (unpaired) electrons. The fraction of sp³-hybridized carbons (Fsp3) is 0.429. The summed E-state index contributed by atoms with van der Waals surface area (Å²) in [6, 6.07) is 5.85. The summed E-state index contributed by atoms with van der Waals surface area (Å²) in [4.78, 5) is 14.5. The highest BCUT2D eigenvalue weighted by Gasteiger charge is 1.95. The molecule has 17 heavy (non-hydrogen) atoms. The molecule has 1 rings (SSSR count). The van der Waals surface area contributed by atoms with Gasteiger partial charge < -0.3 is 5.11 Å². The zero-order valence-corrected chi connectivity index (χ0v) is 10.0. The zero-order chi connectivity index (χ0) is 12.3. The van der Waals surface area contributed by atoms with Gasteiger partial charge in [-0.05, 0) is 37.5 Å². The lowest BCUT2D eigenvalue weighted by atomic mass is 10.1. The third-order valence-electron chi connectivity index (χ3n) is 2.49. The Hall–Kier alpha value is -1.64. The number of carbonyl (C=O) groups is 1. The fourth-order valence-corrected chi connectivity index (χ4v) is 1.57. The molecule has 0 bridgehead atoms.